The molecule has 1 amide bonds. The van der Waals surface area contributed by atoms with E-state index < -0.39 is 5.92 Å². The minimum Gasteiger partial charge on any atom is -0.350 e. The summed E-state index contributed by atoms with van der Waals surface area (Å²) in [6.07, 6.45) is 1.70. The van der Waals surface area contributed by atoms with Gasteiger partial charge in [-0.1, -0.05) is 44.2 Å². The summed E-state index contributed by atoms with van der Waals surface area (Å²) in [7, 11) is 0. The summed E-state index contributed by atoms with van der Waals surface area (Å²) in [5.41, 5.74) is 0.507. The van der Waals surface area contributed by atoms with Crippen LogP contribution in [0.15, 0.2) is 30.3 Å². The van der Waals surface area contributed by atoms with E-state index in [-0.39, 0.29) is 11.4 Å². The molecular formula is C15H20N2O. The molecule has 18 heavy (non-hydrogen) atoms. The Morgan fingerprint density at radius 3 is 2.33 bits per heavy atom. The zero-order chi connectivity index (χ0) is 13.6. The van der Waals surface area contributed by atoms with Crippen molar-refractivity contribution in [2.45, 2.75) is 45.1 Å². The van der Waals surface area contributed by atoms with Crippen LogP contribution >= 0.6 is 0 Å². The first-order chi connectivity index (χ1) is 8.56. The van der Waals surface area contributed by atoms with Gasteiger partial charge in [-0.05, 0) is 25.3 Å². The summed E-state index contributed by atoms with van der Waals surface area (Å²) in [4.78, 5) is 12.2. The highest BCUT2D eigenvalue weighted by Gasteiger charge is 2.27. The summed E-state index contributed by atoms with van der Waals surface area (Å²) >= 11 is 0. The van der Waals surface area contributed by atoms with Crippen molar-refractivity contribution in [2.75, 3.05) is 0 Å². The zero-order valence-electron chi connectivity index (χ0n) is 11.2. The lowest BCUT2D eigenvalue weighted by molar-refractivity contribution is -0.123. The van der Waals surface area contributed by atoms with E-state index in [2.05, 4.69) is 11.4 Å². The molecule has 0 aliphatic rings. The number of hydrogen-bond acceptors (Lipinski definition) is 2. The molecule has 0 aliphatic carbocycles. The van der Waals surface area contributed by atoms with E-state index in [4.69, 9.17) is 0 Å². The fourth-order valence-electron chi connectivity index (χ4n) is 1.73. The van der Waals surface area contributed by atoms with Gasteiger partial charge < -0.3 is 5.32 Å². The summed E-state index contributed by atoms with van der Waals surface area (Å²) in [6, 6.07) is 11.2. The van der Waals surface area contributed by atoms with E-state index in [1.165, 1.54) is 0 Å². The van der Waals surface area contributed by atoms with Crippen molar-refractivity contribution < 1.29 is 4.79 Å². The van der Waals surface area contributed by atoms with Crippen molar-refractivity contribution in [3.05, 3.63) is 35.9 Å². The quantitative estimate of drug-likeness (QED) is 0.865. The smallest absolute Gasteiger partial charge is 0.242 e. The van der Waals surface area contributed by atoms with Gasteiger partial charge in [0.05, 0.1) is 6.07 Å². The largest absolute Gasteiger partial charge is 0.350 e. The Morgan fingerprint density at radius 1 is 1.33 bits per heavy atom. The van der Waals surface area contributed by atoms with E-state index in [0.717, 1.165) is 18.4 Å². The van der Waals surface area contributed by atoms with Gasteiger partial charge >= 0.3 is 0 Å². The average molecular weight is 244 g/mol. The van der Waals surface area contributed by atoms with E-state index in [0.29, 0.717) is 0 Å². The predicted octanol–water partition coefficient (Wildman–Crippen LogP) is 2.99. The molecule has 3 nitrogen and oxygen atoms in total. The van der Waals surface area contributed by atoms with Crippen LogP contribution in [0.25, 0.3) is 0 Å². The first-order valence-corrected chi connectivity index (χ1v) is 6.33. The maximum atomic E-state index is 12.2. The molecule has 0 saturated carbocycles. The van der Waals surface area contributed by atoms with Crippen molar-refractivity contribution in [1.82, 2.24) is 5.32 Å². The number of rotatable bonds is 5. The Bertz CT molecular complexity index is 430. The molecule has 1 aromatic carbocycles. The van der Waals surface area contributed by atoms with Crippen molar-refractivity contribution in [3.63, 3.8) is 0 Å². The molecule has 0 heterocycles. The molecule has 96 valence electrons. The van der Waals surface area contributed by atoms with Crippen LogP contribution in [0, 0.1) is 11.3 Å². The molecule has 0 saturated heterocycles. The fourth-order valence-corrected chi connectivity index (χ4v) is 1.73. The molecule has 0 fully saturated rings. The van der Waals surface area contributed by atoms with Crippen LogP contribution in [0.1, 0.15) is 45.1 Å². The third-order valence-electron chi connectivity index (χ3n) is 3.51. The van der Waals surface area contributed by atoms with Crippen LogP contribution in [0.3, 0.4) is 0 Å². The van der Waals surface area contributed by atoms with Gasteiger partial charge in [-0.2, -0.15) is 5.26 Å². The molecule has 1 unspecified atom stereocenters. The van der Waals surface area contributed by atoms with Gasteiger partial charge in [0, 0.05) is 5.54 Å². The Labute approximate surface area is 109 Å². The maximum Gasteiger partial charge on any atom is 0.242 e. The first-order valence-electron chi connectivity index (χ1n) is 6.33. The van der Waals surface area contributed by atoms with Crippen molar-refractivity contribution in [1.29, 1.82) is 5.26 Å². The highest BCUT2D eigenvalue weighted by atomic mass is 16.2. The second-order valence-electron chi connectivity index (χ2n) is 4.73. The Balaban J connectivity index is 2.86. The topological polar surface area (TPSA) is 52.9 Å². The lowest BCUT2D eigenvalue weighted by Crippen LogP contribution is -2.46. The molecule has 0 aliphatic heterocycles. The van der Waals surface area contributed by atoms with Crippen molar-refractivity contribution >= 4 is 5.91 Å². The lowest BCUT2D eigenvalue weighted by Gasteiger charge is -2.29. The molecule has 1 N–H and O–H groups in total. The summed E-state index contributed by atoms with van der Waals surface area (Å²) in [5, 5.41) is 12.2. The molecule has 0 radical (unpaired) electrons. The highest BCUT2D eigenvalue weighted by molar-refractivity contribution is 5.86. The molecular weight excluding hydrogens is 224 g/mol. The average Bonchev–Trinajstić information content (AvgIpc) is 2.40. The van der Waals surface area contributed by atoms with Gasteiger partial charge in [0.15, 0.2) is 0 Å². The zero-order valence-corrected chi connectivity index (χ0v) is 11.2. The lowest BCUT2D eigenvalue weighted by atomic mass is 9.93. The number of nitrogens with one attached hydrogen (secondary N) is 1. The minimum absolute atomic E-state index is 0.213. The summed E-state index contributed by atoms with van der Waals surface area (Å²) < 4.78 is 0. The van der Waals surface area contributed by atoms with Gasteiger partial charge in [-0.3, -0.25) is 4.79 Å². The van der Waals surface area contributed by atoms with E-state index in [9.17, 15) is 10.1 Å². The van der Waals surface area contributed by atoms with Gasteiger partial charge in [-0.15, -0.1) is 0 Å². The van der Waals surface area contributed by atoms with Crippen LogP contribution in [0.5, 0.6) is 0 Å². The predicted molar refractivity (Wildman–Crippen MR) is 71.9 cm³/mol. The van der Waals surface area contributed by atoms with Crippen LogP contribution in [0.4, 0.5) is 0 Å². The number of carbonyl (C=O) groups is 1. The van der Waals surface area contributed by atoms with Crippen LogP contribution in [0.2, 0.25) is 0 Å². The maximum absolute atomic E-state index is 12.2. The molecule has 3 heteroatoms. The van der Waals surface area contributed by atoms with E-state index in [1.54, 1.807) is 0 Å². The number of amides is 1. The highest BCUT2D eigenvalue weighted by Crippen LogP contribution is 2.19. The Kier molecular flexibility index (Phi) is 4.91. The molecule has 1 rings (SSSR count). The first kappa shape index (κ1) is 14.2. The standard InChI is InChI=1S/C15H20N2O/c1-4-15(3,5-2)17-14(18)13(11-16)12-9-7-6-8-10-12/h6-10,13H,4-5H2,1-3H3,(H,17,18). The monoisotopic (exact) mass is 244 g/mol. The third-order valence-corrected chi connectivity index (χ3v) is 3.51. The Hall–Kier alpha value is -1.82. The number of nitriles is 1. The van der Waals surface area contributed by atoms with Gasteiger partial charge in [0.2, 0.25) is 5.91 Å². The molecule has 0 spiro atoms. The van der Waals surface area contributed by atoms with Crippen LogP contribution in [-0.2, 0) is 4.79 Å². The SMILES string of the molecule is CCC(C)(CC)NC(=O)C(C#N)c1ccccc1. The van der Waals surface area contributed by atoms with E-state index in [1.807, 2.05) is 51.1 Å². The van der Waals surface area contributed by atoms with Crippen molar-refractivity contribution in [3.8, 4) is 6.07 Å². The third kappa shape index (κ3) is 3.33. The van der Waals surface area contributed by atoms with Crippen molar-refractivity contribution in [2.24, 2.45) is 0 Å². The molecule has 1 atom stereocenters. The second kappa shape index (κ2) is 6.20. The van der Waals surface area contributed by atoms with Gasteiger partial charge in [0.1, 0.15) is 5.92 Å². The molecule has 0 bridgehead atoms. The second-order valence-corrected chi connectivity index (χ2v) is 4.73. The summed E-state index contributed by atoms with van der Waals surface area (Å²) in [6.45, 7) is 6.08. The normalized spacial score (nSPS) is 12.6. The van der Waals surface area contributed by atoms with Crippen LogP contribution in [-0.4, -0.2) is 11.4 Å². The number of carbonyl (C=O) groups excluding carboxylic acids is 1. The molecule has 0 aromatic heterocycles. The summed E-state index contributed by atoms with van der Waals surface area (Å²) in [5.74, 6) is -0.946. The molecule has 1 aromatic rings. The number of benzene rings is 1. The number of hydrogen-bond donors (Lipinski definition) is 1. The van der Waals surface area contributed by atoms with Gasteiger partial charge in [0.25, 0.3) is 0 Å². The Morgan fingerprint density at radius 2 is 1.89 bits per heavy atom. The van der Waals surface area contributed by atoms with Crippen LogP contribution < -0.4 is 5.32 Å². The fraction of sp³-hybridized carbons (Fsp3) is 0.467. The minimum atomic E-state index is -0.733. The number of nitrogens with zero attached hydrogens (tertiary/aromatic N) is 1. The van der Waals surface area contributed by atoms with Gasteiger partial charge in [-0.25, -0.2) is 0 Å². The van der Waals surface area contributed by atoms with E-state index >= 15 is 0 Å².